The predicted molar refractivity (Wildman–Crippen MR) is 88.6 cm³/mol. The molecule has 0 aliphatic carbocycles. The van der Waals surface area contributed by atoms with E-state index in [2.05, 4.69) is 5.32 Å². The molecule has 0 spiro atoms. The van der Waals surface area contributed by atoms with Crippen LogP contribution in [-0.4, -0.2) is 57.3 Å². The highest BCUT2D eigenvalue weighted by Gasteiger charge is 2.25. The van der Waals surface area contributed by atoms with Gasteiger partial charge in [0, 0.05) is 31.0 Å². The second kappa shape index (κ2) is 7.65. The molecule has 1 aromatic carbocycles. The van der Waals surface area contributed by atoms with Crippen molar-refractivity contribution in [3.8, 4) is 0 Å². The number of hydrogen-bond donors (Lipinski definition) is 1. The molecule has 132 valence electrons. The Labute approximate surface area is 141 Å². The zero-order chi connectivity index (χ0) is 17.7. The highest BCUT2D eigenvalue weighted by Crippen LogP contribution is 2.14. The summed E-state index contributed by atoms with van der Waals surface area (Å²) in [7, 11) is -3.35. The first-order chi connectivity index (χ1) is 11.3. The molecule has 0 radical (unpaired) electrons. The van der Waals surface area contributed by atoms with Crippen LogP contribution < -0.4 is 5.32 Å². The van der Waals surface area contributed by atoms with Crippen LogP contribution in [0.1, 0.15) is 30.1 Å². The molecule has 24 heavy (non-hydrogen) atoms. The van der Waals surface area contributed by atoms with Gasteiger partial charge in [0.25, 0.3) is 5.91 Å². The van der Waals surface area contributed by atoms with Gasteiger partial charge >= 0.3 is 6.09 Å². The number of likely N-dealkylation sites (tertiary alicyclic amines) is 1. The molecule has 2 rings (SSSR count). The minimum Gasteiger partial charge on any atom is -0.450 e. The van der Waals surface area contributed by atoms with Crippen molar-refractivity contribution in [3.05, 3.63) is 29.8 Å². The molecule has 1 aromatic rings. The highest BCUT2D eigenvalue weighted by atomic mass is 32.2. The van der Waals surface area contributed by atoms with E-state index in [-0.39, 0.29) is 22.9 Å². The van der Waals surface area contributed by atoms with Gasteiger partial charge in [0.05, 0.1) is 11.5 Å². The van der Waals surface area contributed by atoms with Gasteiger partial charge < -0.3 is 15.0 Å². The molecular weight excluding hydrogens is 332 g/mol. The normalized spacial score (nSPS) is 15.8. The molecule has 2 amide bonds. The predicted octanol–water partition coefficient (Wildman–Crippen LogP) is 1.44. The number of ether oxygens (including phenoxy) is 1. The smallest absolute Gasteiger partial charge is 0.409 e. The van der Waals surface area contributed by atoms with Gasteiger partial charge in [0.2, 0.25) is 0 Å². The fourth-order valence-corrected chi connectivity index (χ4v) is 3.22. The third kappa shape index (κ3) is 4.70. The van der Waals surface area contributed by atoms with Crippen LogP contribution in [0.3, 0.4) is 0 Å². The van der Waals surface area contributed by atoms with Crippen LogP contribution in [0.5, 0.6) is 0 Å². The lowest BCUT2D eigenvalue weighted by atomic mass is 10.0. The SMILES string of the molecule is CCOC(=O)N1CCC(NC(=O)c2cccc(S(C)(=O)=O)c2)CC1. The van der Waals surface area contributed by atoms with E-state index in [1.54, 1.807) is 24.0 Å². The molecule has 1 aliphatic rings. The lowest BCUT2D eigenvalue weighted by Gasteiger charge is -2.31. The topological polar surface area (TPSA) is 92.8 Å². The first kappa shape index (κ1) is 18.3. The molecule has 0 saturated carbocycles. The van der Waals surface area contributed by atoms with E-state index in [0.717, 1.165) is 6.26 Å². The zero-order valence-electron chi connectivity index (χ0n) is 13.8. The third-order valence-corrected chi connectivity index (χ3v) is 4.99. The summed E-state index contributed by atoms with van der Waals surface area (Å²) in [5.41, 5.74) is 0.311. The van der Waals surface area contributed by atoms with Gasteiger partial charge in [-0.05, 0) is 38.0 Å². The number of hydrogen-bond acceptors (Lipinski definition) is 5. The monoisotopic (exact) mass is 354 g/mol. The maximum absolute atomic E-state index is 12.3. The number of rotatable bonds is 4. The molecule has 0 bridgehead atoms. The number of carbonyl (C=O) groups excluding carboxylic acids is 2. The van der Waals surface area contributed by atoms with E-state index in [4.69, 9.17) is 4.74 Å². The number of sulfone groups is 1. The van der Waals surface area contributed by atoms with Gasteiger partial charge in [-0.3, -0.25) is 4.79 Å². The summed E-state index contributed by atoms with van der Waals surface area (Å²) in [6.07, 6.45) is 2.05. The summed E-state index contributed by atoms with van der Waals surface area (Å²) in [5, 5.41) is 2.89. The molecule has 1 aliphatic heterocycles. The van der Waals surface area contributed by atoms with Gasteiger partial charge in [-0.1, -0.05) is 6.07 Å². The Balaban J connectivity index is 1.93. The molecule has 7 nitrogen and oxygen atoms in total. The number of nitrogens with one attached hydrogen (secondary N) is 1. The number of nitrogens with zero attached hydrogens (tertiary/aromatic N) is 1. The average Bonchev–Trinajstić information content (AvgIpc) is 2.55. The lowest BCUT2D eigenvalue weighted by molar-refractivity contribution is 0.0860. The van der Waals surface area contributed by atoms with Crippen molar-refractivity contribution < 1.29 is 22.7 Å². The Morgan fingerprint density at radius 2 is 1.96 bits per heavy atom. The second-order valence-corrected chi connectivity index (χ2v) is 7.75. The van der Waals surface area contributed by atoms with Crippen molar-refractivity contribution in [1.29, 1.82) is 0 Å². The second-order valence-electron chi connectivity index (χ2n) is 5.73. The third-order valence-electron chi connectivity index (χ3n) is 3.88. The molecule has 0 aromatic heterocycles. The van der Waals surface area contributed by atoms with Gasteiger partial charge in [-0.2, -0.15) is 0 Å². The Morgan fingerprint density at radius 1 is 1.29 bits per heavy atom. The minimum absolute atomic E-state index is 0.0509. The van der Waals surface area contributed by atoms with Crippen molar-refractivity contribution in [3.63, 3.8) is 0 Å². The maximum Gasteiger partial charge on any atom is 0.409 e. The zero-order valence-corrected chi connectivity index (χ0v) is 14.6. The fourth-order valence-electron chi connectivity index (χ4n) is 2.56. The summed E-state index contributed by atoms with van der Waals surface area (Å²) >= 11 is 0. The summed E-state index contributed by atoms with van der Waals surface area (Å²) in [4.78, 5) is 25.7. The van der Waals surface area contributed by atoms with Gasteiger partial charge in [0.1, 0.15) is 0 Å². The molecule has 0 unspecified atom stereocenters. The van der Waals surface area contributed by atoms with E-state index >= 15 is 0 Å². The van der Waals surface area contributed by atoms with Crippen LogP contribution in [-0.2, 0) is 14.6 Å². The standard InChI is InChI=1S/C16H22N2O5S/c1-3-23-16(20)18-9-7-13(8-10-18)17-15(19)12-5-4-6-14(11-12)24(2,21)22/h4-6,11,13H,3,7-10H2,1-2H3,(H,17,19). The molecule has 8 heteroatoms. The van der Waals surface area contributed by atoms with Gasteiger partial charge in [0.15, 0.2) is 9.84 Å². The Bertz CT molecular complexity index is 709. The van der Waals surface area contributed by atoms with Crippen LogP contribution in [0.2, 0.25) is 0 Å². The molecule has 1 N–H and O–H groups in total. The van der Waals surface area contributed by atoms with Gasteiger partial charge in [-0.25, -0.2) is 13.2 Å². The van der Waals surface area contributed by atoms with E-state index in [0.29, 0.717) is 38.1 Å². The summed E-state index contributed by atoms with van der Waals surface area (Å²) in [5.74, 6) is -0.310. The van der Waals surface area contributed by atoms with Crippen LogP contribution in [0, 0.1) is 0 Å². The summed E-state index contributed by atoms with van der Waals surface area (Å²) in [6, 6.07) is 5.92. The van der Waals surface area contributed by atoms with Crippen LogP contribution in [0.25, 0.3) is 0 Å². The van der Waals surface area contributed by atoms with Crippen molar-refractivity contribution in [2.45, 2.75) is 30.7 Å². The van der Waals surface area contributed by atoms with Crippen molar-refractivity contribution >= 4 is 21.8 Å². The maximum atomic E-state index is 12.3. The first-order valence-electron chi connectivity index (χ1n) is 7.84. The van der Waals surface area contributed by atoms with E-state index < -0.39 is 9.84 Å². The fraction of sp³-hybridized carbons (Fsp3) is 0.500. The Hall–Kier alpha value is -2.09. The number of carbonyl (C=O) groups is 2. The largest absolute Gasteiger partial charge is 0.450 e. The number of amides is 2. The molecular formula is C16H22N2O5S. The van der Waals surface area contributed by atoms with Crippen LogP contribution in [0.4, 0.5) is 4.79 Å². The van der Waals surface area contributed by atoms with Crippen LogP contribution >= 0.6 is 0 Å². The van der Waals surface area contributed by atoms with Crippen molar-refractivity contribution in [2.75, 3.05) is 26.0 Å². The quantitative estimate of drug-likeness (QED) is 0.883. The molecule has 1 fully saturated rings. The molecule has 1 heterocycles. The summed E-state index contributed by atoms with van der Waals surface area (Å²) < 4.78 is 28.1. The summed E-state index contributed by atoms with van der Waals surface area (Å²) in [6.45, 7) is 3.14. The van der Waals surface area contributed by atoms with Crippen molar-refractivity contribution in [2.24, 2.45) is 0 Å². The minimum atomic E-state index is -3.35. The number of piperidine rings is 1. The first-order valence-corrected chi connectivity index (χ1v) is 9.73. The Morgan fingerprint density at radius 3 is 2.54 bits per heavy atom. The average molecular weight is 354 g/mol. The van der Waals surface area contributed by atoms with E-state index in [1.807, 2.05) is 0 Å². The Kier molecular flexibility index (Phi) is 5.82. The highest BCUT2D eigenvalue weighted by molar-refractivity contribution is 7.90. The van der Waals surface area contributed by atoms with Crippen LogP contribution in [0.15, 0.2) is 29.2 Å². The van der Waals surface area contributed by atoms with E-state index in [9.17, 15) is 18.0 Å². The lowest BCUT2D eigenvalue weighted by Crippen LogP contribution is -2.46. The molecule has 0 atom stereocenters. The molecule has 1 saturated heterocycles. The number of benzene rings is 1. The van der Waals surface area contributed by atoms with E-state index in [1.165, 1.54) is 12.1 Å². The van der Waals surface area contributed by atoms with Crippen molar-refractivity contribution in [1.82, 2.24) is 10.2 Å². The van der Waals surface area contributed by atoms with Gasteiger partial charge in [-0.15, -0.1) is 0 Å².